The van der Waals surface area contributed by atoms with Crippen LogP contribution in [-0.4, -0.2) is 34.2 Å². The van der Waals surface area contributed by atoms with Gasteiger partial charge in [0.1, 0.15) is 0 Å². The van der Waals surface area contributed by atoms with Crippen LogP contribution in [-0.2, 0) is 16.5 Å². The SMILES string of the molecule is C[Si]1(C)O[Si](C)(C)O[Si](C)(c2ccccc2C#N)O[Si](C)(C)O1. The molecule has 1 aromatic rings. The van der Waals surface area contributed by atoms with E-state index in [1.165, 1.54) is 0 Å². The lowest BCUT2D eigenvalue weighted by molar-refractivity contribution is 0.242. The van der Waals surface area contributed by atoms with Crippen molar-refractivity contribution >= 4 is 39.4 Å². The smallest absolute Gasteiger partial charge is 0.353 e. The molecule has 1 fully saturated rings. The van der Waals surface area contributed by atoms with Crippen molar-refractivity contribution in [3.63, 3.8) is 0 Å². The summed E-state index contributed by atoms with van der Waals surface area (Å²) in [6.45, 7) is 14.2. The minimum Gasteiger partial charge on any atom is -0.416 e. The Bertz CT molecular complexity index is 620. The van der Waals surface area contributed by atoms with Gasteiger partial charge in [0.05, 0.1) is 11.6 Å². The molecule has 126 valence electrons. The molecule has 0 unspecified atom stereocenters. The summed E-state index contributed by atoms with van der Waals surface area (Å²) in [6, 6.07) is 9.78. The highest BCUT2D eigenvalue weighted by atomic mass is 28.5. The minimum atomic E-state index is -2.82. The predicted molar refractivity (Wildman–Crippen MR) is 99.2 cm³/mol. The molecule has 9 heteroatoms. The van der Waals surface area contributed by atoms with Gasteiger partial charge in [-0.3, -0.25) is 0 Å². The molecule has 0 spiro atoms. The Balaban J connectivity index is 2.54. The number of benzene rings is 1. The second kappa shape index (κ2) is 6.05. The zero-order valence-corrected chi connectivity index (χ0v) is 18.9. The number of hydrogen-bond acceptors (Lipinski definition) is 5. The second-order valence-electron chi connectivity index (χ2n) is 7.21. The molecule has 0 aliphatic carbocycles. The molecule has 1 saturated heterocycles. The fourth-order valence-corrected chi connectivity index (χ4v) is 24.3. The highest BCUT2D eigenvalue weighted by Crippen LogP contribution is 2.30. The Morgan fingerprint density at radius 1 is 0.739 bits per heavy atom. The van der Waals surface area contributed by atoms with Crippen LogP contribution in [0.3, 0.4) is 0 Å². The van der Waals surface area contributed by atoms with Crippen LogP contribution in [0.1, 0.15) is 5.56 Å². The first kappa shape index (κ1) is 18.8. The van der Waals surface area contributed by atoms with Gasteiger partial charge in [-0.1, -0.05) is 18.2 Å². The van der Waals surface area contributed by atoms with E-state index in [2.05, 4.69) is 6.07 Å². The molecule has 1 aliphatic rings. The number of nitrogens with zero attached hydrogens (tertiary/aromatic N) is 1. The van der Waals surface area contributed by atoms with E-state index >= 15 is 0 Å². The monoisotopic (exact) mass is 383 g/mol. The maximum Gasteiger partial charge on any atom is 0.353 e. The normalized spacial score (nSPS) is 25.0. The molecule has 1 aromatic carbocycles. The summed E-state index contributed by atoms with van der Waals surface area (Å²) in [7, 11) is -10.00. The molecule has 0 radical (unpaired) electrons. The van der Waals surface area contributed by atoms with Crippen molar-refractivity contribution in [2.75, 3.05) is 0 Å². The summed E-state index contributed by atoms with van der Waals surface area (Å²) >= 11 is 0. The van der Waals surface area contributed by atoms with E-state index in [0.717, 1.165) is 5.19 Å². The van der Waals surface area contributed by atoms with Gasteiger partial charge in [0, 0.05) is 5.19 Å². The average molecular weight is 384 g/mol. The van der Waals surface area contributed by atoms with Crippen molar-refractivity contribution < 1.29 is 16.5 Å². The van der Waals surface area contributed by atoms with Gasteiger partial charge >= 0.3 is 34.2 Å². The van der Waals surface area contributed by atoms with Crippen LogP contribution in [0.5, 0.6) is 0 Å². The Morgan fingerprint density at radius 3 is 1.65 bits per heavy atom. The zero-order valence-electron chi connectivity index (χ0n) is 14.9. The first-order valence-electron chi connectivity index (χ1n) is 7.68. The Hall–Kier alpha value is -0.582. The molecular weight excluding hydrogens is 359 g/mol. The second-order valence-corrected chi connectivity index (χ2v) is 21.3. The van der Waals surface area contributed by atoms with Gasteiger partial charge in [0.25, 0.3) is 0 Å². The predicted octanol–water partition coefficient (Wildman–Crippen LogP) is 3.02. The molecule has 1 heterocycles. The fourth-order valence-electron chi connectivity index (χ4n) is 3.29. The van der Waals surface area contributed by atoms with Crippen LogP contribution in [0.2, 0.25) is 45.8 Å². The lowest BCUT2D eigenvalue weighted by Gasteiger charge is -2.47. The third kappa shape index (κ3) is 4.49. The summed E-state index contributed by atoms with van der Waals surface area (Å²) in [5, 5.41) is 10.3. The lowest BCUT2D eigenvalue weighted by atomic mass is 10.2. The molecule has 5 nitrogen and oxygen atoms in total. The average Bonchev–Trinajstić information content (AvgIpc) is 2.32. The molecule has 0 atom stereocenters. The molecule has 0 saturated carbocycles. The lowest BCUT2D eigenvalue weighted by Crippen LogP contribution is -2.69. The third-order valence-corrected chi connectivity index (χ3v) is 19.7. The van der Waals surface area contributed by atoms with Gasteiger partial charge in [0.2, 0.25) is 0 Å². The van der Waals surface area contributed by atoms with E-state index < -0.39 is 34.2 Å². The van der Waals surface area contributed by atoms with Crippen LogP contribution in [0.15, 0.2) is 24.3 Å². The van der Waals surface area contributed by atoms with Crippen molar-refractivity contribution in [3.05, 3.63) is 29.8 Å². The minimum absolute atomic E-state index is 0.605. The Labute approximate surface area is 143 Å². The Morgan fingerprint density at radius 2 is 1.17 bits per heavy atom. The number of rotatable bonds is 1. The highest BCUT2D eigenvalue weighted by Gasteiger charge is 2.53. The van der Waals surface area contributed by atoms with Gasteiger partial charge in [0.15, 0.2) is 0 Å². The fraction of sp³-hybridized carbons (Fsp3) is 0.500. The molecular formula is C14H25NO4Si4. The number of nitriles is 1. The highest BCUT2D eigenvalue weighted by molar-refractivity contribution is 6.97. The van der Waals surface area contributed by atoms with Crippen LogP contribution in [0, 0.1) is 11.3 Å². The molecule has 0 amide bonds. The third-order valence-electron chi connectivity index (χ3n) is 3.40. The first-order valence-corrected chi connectivity index (χ1v) is 18.4. The Kier molecular flexibility index (Phi) is 4.93. The van der Waals surface area contributed by atoms with Crippen LogP contribution in [0.4, 0.5) is 0 Å². The summed E-state index contributed by atoms with van der Waals surface area (Å²) < 4.78 is 25.7. The van der Waals surface area contributed by atoms with Crippen molar-refractivity contribution in [1.29, 1.82) is 5.26 Å². The topological polar surface area (TPSA) is 60.7 Å². The standard InChI is InChI=1S/C14H25NO4Si4/c1-20(2)16-21(3,4)18-23(7,19-22(5,6)17-20)14-11-9-8-10-13(14)12-15/h8-11H,1-7H3. The van der Waals surface area contributed by atoms with Crippen molar-refractivity contribution in [2.24, 2.45) is 0 Å². The van der Waals surface area contributed by atoms with Gasteiger partial charge in [-0.2, -0.15) is 5.26 Å². The summed E-state index contributed by atoms with van der Waals surface area (Å²) in [4.78, 5) is 0. The van der Waals surface area contributed by atoms with E-state index in [0.29, 0.717) is 5.56 Å². The number of hydrogen-bond donors (Lipinski definition) is 0. The van der Waals surface area contributed by atoms with Crippen molar-refractivity contribution in [1.82, 2.24) is 0 Å². The molecule has 2 rings (SSSR count). The summed E-state index contributed by atoms with van der Waals surface area (Å²) in [5.41, 5.74) is 0.605. The van der Waals surface area contributed by atoms with E-state index in [9.17, 15) is 5.26 Å². The van der Waals surface area contributed by atoms with Crippen molar-refractivity contribution in [2.45, 2.75) is 45.8 Å². The van der Waals surface area contributed by atoms with Crippen LogP contribution < -0.4 is 5.19 Å². The van der Waals surface area contributed by atoms with Gasteiger partial charge in [-0.05, 0) is 51.9 Å². The zero-order chi connectivity index (χ0) is 17.5. The van der Waals surface area contributed by atoms with E-state index in [1.54, 1.807) is 0 Å². The van der Waals surface area contributed by atoms with Crippen molar-refractivity contribution in [3.8, 4) is 6.07 Å². The van der Waals surface area contributed by atoms with Crippen LogP contribution in [0.25, 0.3) is 0 Å². The maximum absolute atomic E-state index is 9.46. The van der Waals surface area contributed by atoms with Gasteiger partial charge < -0.3 is 16.5 Å². The van der Waals surface area contributed by atoms with E-state index in [-0.39, 0.29) is 0 Å². The summed E-state index contributed by atoms with van der Waals surface area (Å²) in [5.74, 6) is 0. The molecule has 0 bridgehead atoms. The molecule has 23 heavy (non-hydrogen) atoms. The quantitative estimate of drug-likeness (QED) is 0.698. The van der Waals surface area contributed by atoms with E-state index in [1.807, 2.05) is 70.1 Å². The molecule has 0 N–H and O–H groups in total. The first-order chi connectivity index (χ1) is 10.4. The molecule has 1 aliphatic heterocycles. The van der Waals surface area contributed by atoms with E-state index in [4.69, 9.17) is 16.5 Å². The molecule has 0 aromatic heterocycles. The van der Waals surface area contributed by atoms with Gasteiger partial charge in [-0.25, -0.2) is 0 Å². The maximum atomic E-state index is 9.46. The largest absolute Gasteiger partial charge is 0.416 e. The van der Waals surface area contributed by atoms with Crippen LogP contribution >= 0.6 is 0 Å². The van der Waals surface area contributed by atoms with Gasteiger partial charge in [-0.15, -0.1) is 0 Å². The summed E-state index contributed by atoms with van der Waals surface area (Å²) in [6.07, 6.45) is 0.